The summed E-state index contributed by atoms with van der Waals surface area (Å²) in [6.07, 6.45) is 3.50. The maximum atomic E-state index is 13.6. The van der Waals surface area contributed by atoms with E-state index in [1.807, 2.05) is 0 Å². The molecule has 140 valence electrons. The van der Waals surface area contributed by atoms with Crippen molar-refractivity contribution in [2.75, 3.05) is 33.4 Å². The quantitative estimate of drug-likeness (QED) is 0.847. The van der Waals surface area contributed by atoms with Gasteiger partial charge in [-0.2, -0.15) is 4.31 Å². The van der Waals surface area contributed by atoms with Crippen LogP contribution in [0.5, 0.6) is 5.75 Å². The fourth-order valence-corrected chi connectivity index (χ4v) is 5.58. The molecule has 3 rings (SSSR count). The zero-order valence-corrected chi connectivity index (χ0v) is 15.2. The van der Waals surface area contributed by atoms with E-state index in [-0.39, 0.29) is 23.3 Å². The van der Waals surface area contributed by atoms with Gasteiger partial charge in [-0.25, -0.2) is 12.8 Å². The molecule has 0 saturated carbocycles. The SMILES string of the molecule is COc1ccc(F)cc1S(=O)(=O)N1CCC(N2CCCC2CO)CC1. The van der Waals surface area contributed by atoms with Gasteiger partial charge in [-0.3, -0.25) is 4.90 Å². The van der Waals surface area contributed by atoms with Gasteiger partial charge >= 0.3 is 0 Å². The number of benzene rings is 1. The van der Waals surface area contributed by atoms with Crippen molar-refractivity contribution in [1.29, 1.82) is 0 Å². The first kappa shape index (κ1) is 18.6. The lowest BCUT2D eigenvalue weighted by molar-refractivity contribution is 0.0898. The molecular formula is C17H25FN2O4S. The smallest absolute Gasteiger partial charge is 0.246 e. The third-order valence-electron chi connectivity index (χ3n) is 5.27. The molecule has 0 radical (unpaired) electrons. The van der Waals surface area contributed by atoms with Crippen LogP contribution in [0.3, 0.4) is 0 Å². The van der Waals surface area contributed by atoms with Gasteiger partial charge in [-0.1, -0.05) is 0 Å². The Morgan fingerprint density at radius 2 is 1.96 bits per heavy atom. The first-order valence-corrected chi connectivity index (χ1v) is 10.1. The van der Waals surface area contributed by atoms with Gasteiger partial charge in [0.15, 0.2) is 0 Å². The normalized spacial score (nSPS) is 23.9. The summed E-state index contributed by atoms with van der Waals surface area (Å²) in [5.74, 6) is -0.444. The second-order valence-electron chi connectivity index (χ2n) is 6.65. The third kappa shape index (κ3) is 3.67. The number of likely N-dealkylation sites (tertiary alicyclic amines) is 1. The average Bonchev–Trinajstić information content (AvgIpc) is 3.10. The summed E-state index contributed by atoms with van der Waals surface area (Å²) >= 11 is 0. The fraction of sp³-hybridized carbons (Fsp3) is 0.647. The maximum Gasteiger partial charge on any atom is 0.246 e. The molecule has 25 heavy (non-hydrogen) atoms. The Labute approximate surface area is 148 Å². The second-order valence-corrected chi connectivity index (χ2v) is 8.55. The number of hydrogen-bond acceptors (Lipinski definition) is 5. The molecule has 1 aromatic rings. The van der Waals surface area contributed by atoms with Crippen LogP contribution in [0.25, 0.3) is 0 Å². The lowest BCUT2D eigenvalue weighted by atomic mass is 10.0. The summed E-state index contributed by atoms with van der Waals surface area (Å²) in [7, 11) is -2.42. The molecule has 2 fully saturated rings. The topological polar surface area (TPSA) is 70.1 Å². The molecule has 0 amide bonds. The molecule has 0 bridgehead atoms. The molecule has 2 heterocycles. The minimum absolute atomic E-state index is 0.122. The fourth-order valence-electron chi connectivity index (χ4n) is 3.94. The molecule has 0 aromatic heterocycles. The summed E-state index contributed by atoms with van der Waals surface area (Å²) in [5, 5.41) is 9.48. The molecule has 2 aliphatic heterocycles. The number of ether oxygens (including phenoxy) is 1. The minimum atomic E-state index is -3.79. The van der Waals surface area contributed by atoms with Crippen LogP contribution in [0.4, 0.5) is 4.39 Å². The Morgan fingerprint density at radius 3 is 2.60 bits per heavy atom. The Balaban J connectivity index is 1.73. The molecule has 1 atom stereocenters. The Hall–Kier alpha value is -1.22. The number of nitrogens with zero attached hydrogens (tertiary/aromatic N) is 2. The number of rotatable bonds is 5. The predicted octanol–water partition coefficient (Wildman–Crippen LogP) is 1.44. The van der Waals surface area contributed by atoms with Crippen molar-refractivity contribution in [3.05, 3.63) is 24.0 Å². The van der Waals surface area contributed by atoms with Gasteiger partial charge in [0.25, 0.3) is 0 Å². The lowest BCUT2D eigenvalue weighted by Gasteiger charge is -2.38. The molecule has 1 unspecified atom stereocenters. The van der Waals surface area contributed by atoms with Gasteiger partial charge in [0.1, 0.15) is 16.5 Å². The first-order chi connectivity index (χ1) is 12.0. The van der Waals surface area contributed by atoms with Crippen molar-refractivity contribution >= 4 is 10.0 Å². The van der Waals surface area contributed by atoms with Crippen molar-refractivity contribution in [2.24, 2.45) is 0 Å². The number of methoxy groups -OCH3 is 1. The maximum absolute atomic E-state index is 13.6. The molecule has 6 nitrogen and oxygen atoms in total. The van der Waals surface area contributed by atoms with Crippen LogP contribution < -0.4 is 4.74 Å². The van der Waals surface area contributed by atoms with E-state index in [0.29, 0.717) is 32.0 Å². The number of aliphatic hydroxyl groups is 1. The predicted molar refractivity (Wildman–Crippen MR) is 91.5 cm³/mol. The van der Waals surface area contributed by atoms with E-state index >= 15 is 0 Å². The average molecular weight is 372 g/mol. The standard InChI is InChI=1S/C17H25FN2O4S/c1-24-16-5-4-13(18)11-17(16)25(22,23)19-9-6-14(7-10-19)20-8-2-3-15(20)12-21/h4-5,11,14-15,21H,2-3,6-10,12H2,1H3. The van der Waals surface area contributed by atoms with Crippen molar-refractivity contribution in [2.45, 2.75) is 42.7 Å². The number of piperidine rings is 1. The largest absolute Gasteiger partial charge is 0.495 e. The van der Waals surface area contributed by atoms with Crippen LogP contribution in [0, 0.1) is 5.82 Å². The van der Waals surface area contributed by atoms with Crippen LogP contribution >= 0.6 is 0 Å². The lowest BCUT2D eigenvalue weighted by Crippen LogP contribution is -2.48. The summed E-state index contributed by atoms with van der Waals surface area (Å²) in [6.45, 7) is 1.89. The highest BCUT2D eigenvalue weighted by molar-refractivity contribution is 7.89. The van der Waals surface area contributed by atoms with E-state index in [9.17, 15) is 17.9 Å². The van der Waals surface area contributed by atoms with Gasteiger partial charge in [0, 0.05) is 25.2 Å². The molecule has 0 aliphatic carbocycles. The van der Waals surface area contributed by atoms with Gasteiger partial charge in [-0.05, 0) is 50.4 Å². The number of sulfonamides is 1. The first-order valence-electron chi connectivity index (χ1n) is 8.67. The highest BCUT2D eigenvalue weighted by Gasteiger charge is 2.36. The summed E-state index contributed by atoms with van der Waals surface area (Å²) in [6, 6.07) is 4.03. The summed E-state index contributed by atoms with van der Waals surface area (Å²) < 4.78 is 45.9. The molecule has 0 spiro atoms. The van der Waals surface area contributed by atoms with Gasteiger partial charge < -0.3 is 9.84 Å². The Kier molecular flexibility index (Phi) is 5.62. The van der Waals surface area contributed by atoms with E-state index < -0.39 is 15.8 Å². The monoisotopic (exact) mass is 372 g/mol. The summed E-state index contributed by atoms with van der Waals surface area (Å²) in [5.41, 5.74) is 0. The van der Waals surface area contributed by atoms with Gasteiger partial charge in [0.05, 0.1) is 13.7 Å². The van der Waals surface area contributed by atoms with Crippen molar-refractivity contribution in [3.63, 3.8) is 0 Å². The van der Waals surface area contributed by atoms with E-state index in [1.54, 1.807) is 0 Å². The van der Waals surface area contributed by atoms with Crippen molar-refractivity contribution < 1.29 is 22.7 Å². The van der Waals surface area contributed by atoms with E-state index in [2.05, 4.69) is 4.90 Å². The molecule has 1 aromatic carbocycles. The third-order valence-corrected chi connectivity index (χ3v) is 7.19. The van der Waals surface area contributed by atoms with Crippen LogP contribution in [-0.2, 0) is 10.0 Å². The highest BCUT2D eigenvalue weighted by Crippen LogP contribution is 2.31. The minimum Gasteiger partial charge on any atom is -0.495 e. The number of halogens is 1. The van der Waals surface area contributed by atoms with Crippen LogP contribution in [0.2, 0.25) is 0 Å². The van der Waals surface area contributed by atoms with Crippen LogP contribution in [0.15, 0.2) is 23.1 Å². The Bertz CT molecular complexity index is 705. The number of hydrogen-bond donors (Lipinski definition) is 1. The highest BCUT2D eigenvalue weighted by atomic mass is 32.2. The van der Waals surface area contributed by atoms with E-state index in [1.165, 1.54) is 23.5 Å². The molecule has 1 N–H and O–H groups in total. The zero-order chi connectivity index (χ0) is 18.0. The molecule has 2 saturated heterocycles. The zero-order valence-electron chi connectivity index (χ0n) is 14.4. The van der Waals surface area contributed by atoms with Crippen LogP contribution in [-0.4, -0.2) is 68.2 Å². The van der Waals surface area contributed by atoms with Crippen LogP contribution in [0.1, 0.15) is 25.7 Å². The molecular weight excluding hydrogens is 347 g/mol. The van der Waals surface area contributed by atoms with Gasteiger partial charge in [0.2, 0.25) is 10.0 Å². The summed E-state index contributed by atoms with van der Waals surface area (Å²) in [4.78, 5) is 2.19. The molecule has 2 aliphatic rings. The van der Waals surface area contributed by atoms with Crippen molar-refractivity contribution in [1.82, 2.24) is 9.21 Å². The van der Waals surface area contributed by atoms with E-state index in [4.69, 9.17) is 4.74 Å². The van der Waals surface area contributed by atoms with E-state index in [0.717, 1.165) is 25.5 Å². The Morgan fingerprint density at radius 1 is 1.24 bits per heavy atom. The van der Waals surface area contributed by atoms with Gasteiger partial charge in [-0.15, -0.1) is 0 Å². The molecule has 8 heteroatoms. The number of aliphatic hydroxyl groups excluding tert-OH is 1. The second kappa shape index (κ2) is 7.57. The van der Waals surface area contributed by atoms with Crippen molar-refractivity contribution in [3.8, 4) is 5.75 Å².